The van der Waals surface area contributed by atoms with Gasteiger partial charge in [-0.2, -0.15) is 10.2 Å². The van der Waals surface area contributed by atoms with Gasteiger partial charge in [0.15, 0.2) is 0 Å². The molecule has 170 valence electrons. The van der Waals surface area contributed by atoms with Gasteiger partial charge in [-0.25, -0.2) is 9.36 Å². The number of methoxy groups -OCH3 is 1. The second kappa shape index (κ2) is 9.28. The zero-order chi connectivity index (χ0) is 23.5. The van der Waals surface area contributed by atoms with Crippen molar-refractivity contribution >= 4 is 16.8 Å². The van der Waals surface area contributed by atoms with Crippen molar-refractivity contribution in [2.45, 2.75) is 33.2 Å². The highest BCUT2D eigenvalue weighted by Gasteiger charge is 2.23. The summed E-state index contributed by atoms with van der Waals surface area (Å²) in [6.45, 7) is 5.75. The average Bonchev–Trinajstić information content (AvgIpc) is 3.19. The van der Waals surface area contributed by atoms with Crippen LogP contribution < -0.4 is 15.6 Å². The quantitative estimate of drug-likeness (QED) is 0.472. The van der Waals surface area contributed by atoms with Gasteiger partial charge in [-0.15, -0.1) is 0 Å². The summed E-state index contributed by atoms with van der Waals surface area (Å²) in [4.78, 5) is 26.2. The van der Waals surface area contributed by atoms with E-state index in [1.54, 1.807) is 25.6 Å². The van der Waals surface area contributed by atoms with Gasteiger partial charge >= 0.3 is 0 Å². The van der Waals surface area contributed by atoms with E-state index in [0.717, 1.165) is 17.0 Å². The molecule has 0 aliphatic rings. The Morgan fingerprint density at radius 1 is 1.06 bits per heavy atom. The third kappa shape index (κ3) is 4.24. The Balaban J connectivity index is 1.58. The molecule has 4 rings (SSSR count). The third-order valence-corrected chi connectivity index (χ3v) is 5.77. The minimum atomic E-state index is -0.766. The van der Waals surface area contributed by atoms with E-state index in [1.807, 2.05) is 61.5 Å². The maximum Gasteiger partial charge on any atom is 0.278 e. The van der Waals surface area contributed by atoms with Crippen LogP contribution in [0.25, 0.3) is 16.6 Å². The first-order valence-electron chi connectivity index (χ1n) is 10.9. The summed E-state index contributed by atoms with van der Waals surface area (Å²) in [5.74, 6) is 0.510. The van der Waals surface area contributed by atoms with Crippen molar-refractivity contribution in [2.24, 2.45) is 0 Å². The van der Waals surface area contributed by atoms with E-state index in [-0.39, 0.29) is 11.5 Å². The van der Waals surface area contributed by atoms with E-state index >= 15 is 0 Å². The van der Waals surface area contributed by atoms with Gasteiger partial charge < -0.3 is 10.1 Å². The van der Waals surface area contributed by atoms with Crippen molar-refractivity contribution in [3.05, 3.63) is 81.9 Å². The first-order chi connectivity index (χ1) is 15.9. The highest BCUT2D eigenvalue weighted by Crippen LogP contribution is 2.21. The Morgan fingerprint density at radius 3 is 2.48 bits per heavy atom. The molecule has 0 bridgehead atoms. The Morgan fingerprint density at radius 2 is 1.76 bits per heavy atom. The van der Waals surface area contributed by atoms with Gasteiger partial charge in [0.1, 0.15) is 17.3 Å². The molecule has 2 aromatic heterocycles. The molecular formula is C25H27N5O3. The third-order valence-electron chi connectivity index (χ3n) is 5.77. The number of fused-ring (bicyclic) bond motifs is 1. The standard InChI is InChI=1S/C25H27N5O3/c1-16-23-22(17(2)29(28-23)20-11-6-5-7-12-20)25(32)30(27-16)18(3)24(31)26-15-14-19-10-8-9-13-21(19)33-4/h5-13,18H,14-15H2,1-4H3,(H,26,31). The number of ether oxygens (including phenoxy) is 1. The van der Waals surface area contributed by atoms with Crippen molar-refractivity contribution in [1.29, 1.82) is 0 Å². The second-order valence-electron chi connectivity index (χ2n) is 7.92. The van der Waals surface area contributed by atoms with Gasteiger partial charge in [0.05, 0.1) is 29.6 Å². The number of carbonyl (C=O) groups is 1. The normalized spacial score (nSPS) is 12.0. The van der Waals surface area contributed by atoms with Crippen molar-refractivity contribution < 1.29 is 9.53 Å². The van der Waals surface area contributed by atoms with Crippen molar-refractivity contribution in [3.63, 3.8) is 0 Å². The van der Waals surface area contributed by atoms with Gasteiger partial charge in [-0.1, -0.05) is 36.4 Å². The van der Waals surface area contributed by atoms with E-state index in [2.05, 4.69) is 15.5 Å². The molecule has 8 nitrogen and oxygen atoms in total. The summed E-state index contributed by atoms with van der Waals surface area (Å²) < 4.78 is 8.35. The van der Waals surface area contributed by atoms with E-state index in [4.69, 9.17) is 4.74 Å². The number of nitrogens with one attached hydrogen (secondary N) is 1. The van der Waals surface area contributed by atoms with Crippen molar-refractivity contribution in [1.82, 2.24) is 24.9 Å². The largest absolute Gasteiger partial charge is 0.496 e. The first-order valence-corrected chi connectivity index (χ1v) is 10.9. The molecule has 0 saturated carbocycles. The highest BCUT2D eigenvalue weighted by atomic mass is 16.5. The molecule has 2 aromatic carbocycles. The molecule has 0 aliphatic carbocycles. The molecule has 0 spiro atoms. The molecule has 0 fully saturated rings. The van der Waals surface area contributed by atoms with E-state index in [9.17, 15) is 9.59 Å². The molecule has 1 N–H and O–H groups in total. The van der Waals surface area contributed by atoms with Crippen LogP contribution in [0.4, 0.5) is 0 Å². The van der Waals surface area contributed by atoms with Crippen molar-refractivity contribution in [3.8, 4) is 11.4 Å². The minimum Gasteiger partial charge on any atom is -0.496 e. The number of aromatic nitrogens is 4. The maximum atomic E-state index is 13.3. The van der Waals surface area contributed by atoms with Crippen LogP contribution in [-0.4, -0.2) is 39.1 Å². The number of rotatable bonds is 7. The summed E-state index contributed by atoms with van der Waals surface area (Å²) in [5.41, 5.74) is 3.38. The lowest BCUT2D eigenvalue weighted by Crippen LogP contribution is -2.38. The molecule has 33 heavy (non-hydrogen) atoms. The number of carbonyl (C=O) groups excluding carboxylic acids is 1. The topological polar surface area (TPSA) is 91.0 Å². The SMILES string of the molecule is COc1ccccc1CCNC(=O)C(C)n1nc(C)c2nn(-c3ccccc3)c(C)c2c1=O. The minimum absolute atomic E-state index is 0.272. The molecule has 1 amide bonds. The number of nitrogens with zero attached hydrogens (tertiary/aromatic N) is 4. The first kappa shape index (κ1) is 22.3. The van der Waals surface area contributed by atoms with Crippen LogP contribution in [-0.2, 0) is 11.2 Å². The van der Waals surface area contributed by atoms with Gasteiger partial charge in [-0.3, -0.25) is 9.59 Å². The molecule has 0 saturated heterocycles. The zero-order valence-corrected chi connectivity index (χ0v) is 19.2. The summed E-state index contributed by atoms with van der Waals surface area (Å²) in [7, 11) is 1.62. The van der Waals surface area contributed by atoms with Crippen molar-refractivity contribution in [2.75, 3.05) is 13.7 Å². The lowest BCUT2D eigenvalue weighted by molar-refractivity contribution is -0.124. The maximum absolute atomic E-state index is 13.3. The monoisotopic (exact) mass is 445 g/mol. The number of aryl methyl sites for hydroxylation is 2. The van der Waals surface area contributed by atoms with E-state index < -0.39 is 6.04 Å². The van der Waals surface area contributed by atoms with E-state index in [1.165, 1.54) is 4.68 Å². The number of hydrogen-bond donors (Lipinski definition) is 1. The van der Waals surface area contributed by atoms with Crippen LogP contribution in [0.3, 0.4) is 0 Å². The van der Waals surface area contributed by atoms with Crippen LogP contribution in [0.2, 0.25) is 0 Å². The number of benzene rings is 2. The lowest BCUT2D eigenvalue weighted by atomic mass is 10.1. The summed E-state index contributed by atoms with van der Waals surface area (Å²) in [6.07, 6.45) is 0.617. The molecule has 2 heterocycles. The summed E-state index contributed by atoms with van der Waals surface area (Å²) in [6, 6.07) is 16.5. The van der Waals surface area contributed by atoms with Gasteiger partial charge in [-0.05, 0) is 51.0 Å². The fraction of sp³-hybridized carbons (Fsp3) is 0.280. The lowest BCUT2D eigenvalue weighted by Gasteiger charge is -2.15. The molecule has 1 atom stereocenters. The van der Waals surface area contributed by atoms with Crippen LogP contribution in [0, 0.1) is 13.8 Å². The van der Waals surface area contributed by atoms with E-state index in [0.29, 0.717) is 35.3 Å². The predicted octanol–water partition coefficient (Wildman–Crippen LogP) is 3.13. The smallest absolute Gasteiger partial charge is 0.278 e. The average molecular weight is 446 g/mol. The summed E-state index contributed by atoms with van der Waals surface area (Å²) >= 11 is 0. The zero-order valence-electron chi connectivity index (χ0n) is 19.2. The predicted molar refractivity (Wildman–Crippen MR) is 127 cm³/mol. The molecule has 8 heteroatoms. The Labute approximate surface area is 191 Å². The Kier molecular flexibility index (Phi) is 6.26. The highest BCUT2D eigenvalue weighted by molar-refractivity contribution is 5.84. The van der Waals surface area contributed by atoms with Crippen LogP contribution in [0.5, 0.6) is 5.75 Å². The molecular weight excluding hydrogens is 418 g/mol. The van der Waals surface area contributed by atoms with Crippen LogP contribution in [0.15, 0.2) is 59.4 Å². The molecule has 0 radical (unpaired) electrons. The molecule has 4 aromatic rings. The second-order valence-corrected chi connectivity index (χ2v) is 7.92. The van der Waals surface area contributed by atoms with Gasteiger partial charge in [0, 0.05) is 6.54 Å². The Bertz CT molecular complexity index is 1360. The Hall–Kier alpha value is -3.94. The molecule has 0 aliphatic heterocycles. The number of hydrogen-bond acceptors (Lipinski definition) is 5. The number of amides is 1. The van der Waals surface area contributed by atoms with Crippen LogP contribution >= 0.6 is 0 Å². The van der Waals surface area contributed by atoms with Gasteiger partial charge in [0.2, 0.25) is 5.91 Å². The number of para-hydroxylation sites is 2. The van der Waals surface area contributed by atoms with Gasteiger partial charge in [0.25, 0.3) is 5.56 Å². The fourth-order valence-corrected chi connectivity index (χ4v) is 3.95. The summed E-state index contributed by atoms with van der Waals surface area (Å²) in [5, 5.41) is 12.4. The van der Waals surface area contributed by atoms with Crippen LogP contribution in [0.1, 0.15) is 29.9 Å². The fourth-order valence-electron chi connectivity index (χ4n) is 3.95. The molecule has 1 unspecified atom stereocenters.